The van der Waals surface area contributed by atoms with Gasteiger partial charge in [0.25, 0.3) is 0 Å². The molecule has 46 heavy (non-hydrogen) atoms. The lowest BCUT2D eigenvalue weighted by Gasteiger charge is -2.71. The fraction of sp³-hybridized carbons (Fsp3) is 0.846. The van der Waals surface area contributed by atoms with Crippen molar-refractivity contribution in [3.05, 3.63) is 30.1 Å². The molecule has 0 unspecified atom stereocenters. The lowest BCUT2D eigenvalue weighted by Crippen LogP contribution is -2.69. The van der Waals surface area contributed by atoms with Crippen LogP contribution in [0.25, 0.3) is 0 Å². The summed E-state index contributed by atoms with van der Waals surface area (Å²) in [6.45, 7) is 24.6. The number of fused-ring (bicyclic) bond motifs is 3. The molecule has 6 rings (SSSR count). The number of rotatable bonds is 8. The predicted octanol–water partition coefficient (Wildman–Crippen LogP) is 7.77. The Bertz CT molecular complexity index is 1340. The lowest BCUT2D eigenvalue weighted by atomic mass is 9.34. The summed E-state index contributed by atoms with van der Waals surface area (Å²) in [4.78, 5) is 13.4. The van der Waals surface area contributed by atoms with Crippen LogP contribution in [0.3, 0.4) is 0 Å². The average molecular weight is 638 g/mol. The van der Waals surface area contributed by atoms with E-state index in [0.29, 0.717) is 42.8 Å². The van der Waals surface area contributed by atoms with Crippen molar-refractivity contribution in [3.8, 4) is 0 Å². The van der Waals surface area contributed by atoms with Gasteiger partial charge in [-0.15, -0.1) is 0 Å². The number of carboxylic acids is 1. The highest BCUT2D eigenvalue weighted by molar-refractivity contribution is 5.73. The highest BCUT2D eigenvalue weighted by Gasteiger charge is 2.72. The minimum atomic E-state index is -0.606. The van der Waals surface area contributed by atoms with Crippen molar-refractivity contribution in [1.29, 1.82) is 0 Å². The van der Waals surface area contributed by atoms with Gasteiger partial charge >= 0.3 is 5.97 Å². The molecule has 0 aromatic carbocycles. The fourth-order valence-electron chi connectivity index (χ4n) is 12.1. The van der Waals surface area contributed by atoms with Gasteiger partial charge in [-0.2, -0.15) is 5.10 Å². The van der Waals surface area contributed by atoms with E-state index in [1.165, 1.54) is 0 Å². The molecule has 258 valence electrons. The zero-order valence-corrected chi connectivity index (χ0v) is 30.4. The Morgan fingerprint density at radius 2 is 1.85 bits per heavy atom. The topological polar surface area (TPSA) is 99.6 Å². The number of nitrogens with zero attached hydrogens (tertiary/aromatic N) is 2. The molecular weight excluding hydrogens is 574 g/mol. The maximum atomic E-state index is 13.4. The van der Waals surface area contributed by atoms with E-state index in [1.807, 2.05) is 12.3 Å². The van der Waals surface area contributed by atoms with Gasteiger partial charge in [0.15, 0.2) is 0 Å². The summed E-state index contributed by atoms with van der Waals surface area (Å²) >= 11 is 0. The molecule has 12 atom stereocenters. The van der Waals surface area contributed by atoms with Crippen LogP contribution in [0.4, 0.5) is 0 Å². The summed E-state index contributed by atoms with van der Waals surface area (Å²) in [6.07, 6.45) is 12.4. The normalized spacial score (nSPS) is 45.7. The number of carbonyl (C=O) groups is 1. The van der Waals surface area contributed by atoms with E-state index in [4.69, 9.17) is 20.3 Å². The number of aliphatic carboxylic acids is 1. The molecule has 7 heteroatoms. The quantitative estimate of drug-likeness (QED) is 0.283. The van der Waals surface area contributed by atoms with Crippen molar-refractivity contribution < 1.29 is 19.4 Å². The summed E-state index contributed by atoms with van der Waals surface area (Å²) in [7, 11) is 0. The van der Waals surface area contributed by atoms with E-state index in [2.05, 4.69) is 86.2 Å². The van der Waals surface area contributed by atoms with Gasteiger partial charge in [-0.3, -0.25) is 9.48 Å². The Morgan fingerprint density at radius 1 is 1.13 bits per heavy atom. The first-order chi connectivity index (χ1) is 21.4. The maximum Gasteiger partial charge on any atom is 0.307 e. The van der Waals surface area contributed by atoms with Crippen LogP contribution in [-0.2, 0) is 14.3 Å². The number of hydrogen-bond acceptors (Lipinski definition) is 5. The Labute approximate surface area is 278 Å². The van der Waals surface area contributed by atoms with Crippen molar-refractivity contribution in [2.45, 2.75) is 125 Å². The van der Waals surface area contributed by atoms with E-state index in [1.54, 1.807) is 5.57 Å². The summed E-state index contributed by atoms with van der Waals surface area (Å²) in [5.74, 6) is 0.845. The van der Waals surface area contributed by atoms with Crippen LogP contribution >= 0.6 is 0 Å². The average Bonchev–Trinajstić information content (AvgIpc) is 3.51. The Hall–Kier alpha value is -1.70. The summed E-state index contributed by atoms with van der Waals surface area (Å²) in [5.41, 5.74) is 6.92. The molecule has 7 nitrogen and oxygen atoms in total. The number of allylic oxidation sites excluding steroid dienone is 1. The molecule has 3 saturated carbocycles. The van der Waals surface area contributed by atoms with Crippen molar-refractivity contribution in [2.24, 2.45) is 68.3 Å². The highest BCUT2D eigenvalue weighted by Crippen LogP contribution is 2.75. The van der Waals surface area contributed by atoms with Crippen molar-refractivity contribution in [1.82, 2.24) is 9.78 Å². The van der Waals surface area contributed by atoms with Gasteiger partial charge in [0.05, 0.1) is 37.9 Å². The Kier molecular flexibility index (Phi) is 8.29. The summed E-state index contributed by atoms with van der Waals surface area (Å²) in [5, 5.41) is 15.8. The van der Waals surface area contributed by atoms with E-state index in [9.17, 15) is 9.90 Å². The standard InChI is InChI=1S/C39H63N3O4/c1-24(2)26(5)34(6)16-17-36(8)27-12-13-30-35(7)21-45-23-39(30,28(27)14-15-37(36,9)31(34)33(43)44)20-29(42-19-11-18-41-42)32(35)46-22-38(10,40)25(3)4/h11,14,18-19,24-27,29-32H,12-13,15-17,20-23,40H2,1-10H3,(H,43,44)/t26-,27+,29-,30+,31-,32+,34-,35-,36-,37+,38+,39+/m1/s1. The summed E-state index contributed by atoms with van der Waals surface area (Å²) < 4.78 is 15.8. The summed E-state index contributed by atoms with van der Waals surface area (Å²) in [6, 6.07) is 2.09. The third-order valence-corrected chi connectivity index (χ3v) is 15.8. The first kappa shape index (κ1) is 34.2. The Balaban J connectivity index is 1.43. The van der Waals surface area contributed by atoms with Gasteiger partial charge in [-0.1, -0.05) is 74.0 Å². The van der Waals surface area contributed by atoms with E-state index < -0.39 is 11.5 Å². The van der Waals surface area contributed by atoms with Crippen molar-refractivity contribution in [3.63, 3.8) is 0 Å². The van der Waals surface area contributed by atoms with Crippen molar-refractivity contribution >= 4 is 5.97 Å². The van der Waals surface area contributed by atoms with Crippen LogP contribution in [0, 0.1) is 62.6 Å². The van der Waals surface area contributed by atoms with E-state index in [0.717, 1.165) is 45.1 Å². The molecule has 0 radical (unpaired) electrons. The molecular formula is C39H63N3O4. The number of nitrogens with two attached hydrogens (primary N) is 1. The number of hydrogen-bond donors (Lipinski definition) is 2. The van der Waals surface area contributed by atoms with Gasteiger partial charge in [0.2, 0.25) is 0 Å². The molecule has 4 fully saturated rings. The minimum Gasteiger partial charge on any atom is -0.481 e. The van der Waals surface area contributed by atoms with Crippen molar-refractivity contribution in [2.75, 3.05) is 19.8 Å². The molecule has 1 aliphatic heterocycles. The molecule has 2 bridgehead atoms. The number of ether oxygens (including phenoxy) is 2. The molecule has 1 saturated heterocycles. The van der Waals surface area contributed by atoms with Crippen LogP contribution in [-0.4, -0.2) is 52.3 Å². The second-order valence-corrected chi connectivity index (χ2v) is 18.5. The van der Waals surface area contributed by atoms with Crippen LogP contribution in [0.15, 0.2) is 30.1 Å². The lowest BCUT2D eigenvalue weighted by molar-refractivity contribution is -0.252. The van der Waals surface area contributed by atoms with Crippen LogP contribution in [0.1, 0.15) is 114 Å². The molecule has 5 aliphatic rings. The second-order valence-electron chi connectivity index (χ2n) is 18.5. The largest absolute Gasteiger partial charge is 0.481 e. The molecule has 2 heterocycles. The highest BCUT2D eigenvalue weighted by atomic mass is 16.5. The van der Waals surface area contributed by atoms with Gasteiger partial charge in [0, 0.05) is 28.8 Å². The maximum absolute atomic E-state index is 13.4. The first-order valence-corrected chi connectivity index (χ1v) is 18.3. The van der Waals surface area contributed by atoms with Gasteiger partial charge in [0.1, 0.15) is 0 Å². The van der Waals surface area contributed by atoms with Gasteiger partial charge in [-0.25, -0.2) is 0 Å². The predicted molar refractivity (Wildman–Crippen MR) is 182 cm³/mol. The molecule has 1 aromatic heterocycles. The minimum absolute atomic E-state index is 0.0668. The molecule has 3 N–H and O–H groups in total. The molecule has 0 amide bonds. The zero-order chi connectivity index (χ0) is 33.7. The van der Waals surface area contributed by atoms with E-state index in [-0.39, 0.29) is 45.1 Å². The number of carboxylic acid groups (broad SMARTS) is 1. The number of aromatic nitrogens is 2. The molecule has 0 spiro atoms. The monoisotopic (exact) mass is 637 g/mol. The van der Waals surface area contributed by atoms with E-state index >= 15 is 0 Å². The van der Waals surface area contributed by atoms with Gasteiger partial charge < -0.3 is 20.3 Å². The van der Waals surface area contributed by atoms with Crippen LogP contribution < -0.4 is 5.73 Å². The SMILES string of the molecule is CC(C)[C@@H](C)[C@@]1(C)CC[C@]2(C)[C@H]3CC[C@@H]4[C@@]5(COC[C@@]4(C)[C@@H](OC[C@](C)(N)C(C)C)[C@H](n4cccn4)C5)C3=CC[C@@]2(C)[C@@H]1C(=O)O. The third-order valence-electron chi connectivity index (χ3n) is 15.8. The van der Waals surface area contributed by atoms with Gasteiger partial charge in [-0.05, 0) is 97.3 Å². The first-order valence-electron chi connectivity index (χ1n) is 18.3. The zero-order valence-electron chi connectivity index (χ0n) is 30.4. The molecule has 4 aliphatic carbocycles. The molecule has 1 aromatic rings. The second kappa shape index (κ2) is 11.2. The third kappa shape index (κ3) is 4.60. The fourth-order valence-corrected chi connectivity index (χ4v) is 12.1. The van der Waals surface area contributed by atoms with Crippen LogP contribution in [0.2, 0.25) is 0 Å². The smallest absolute Gasteiger partial charge is 0.307 e. The Morgan fingerprint density at radius 3 is 2.46 bits per heavy atom. The van der Waals surface area contributed by atoms with Crippen LogP contribution in [0.5, 0.6) is 0 Å².